The summed E-state index contributed by atoms with van der Waals surface area (Å²) >= 11 is 1.98. The second kappa shape index (κ2) is 4.48. The van der Waals surface area contributed by atoms with Crippen LogP contribution >= 0.6 is 11.9 Å². The number of nitrogens with zero attached hydrogens (tertiary/aromatic N) is 1. The first-order valence-electron chi connectivity index (χ1n) is 5.78. The number of fused-ring (bicyclic) bond motifs is 1. The van der Waals surface area contributed by atoms with Gasteiger partial charge < -0.3 is 0 Å². The zero-order chi connectivity index (χ0) is 10.8. The van der Waals surface area contributed by atoms with Crippen molar-refractivity contribution in [3.8, 4) is 0 Å². The van der Waals surface area contributed by atoms with E-state index in [9.17, 15) is 0 Å². The first kappa shape index (κ1) is 10.2. The molecule has 16 heavy (non-hydrogen) atoms. The average Bonchev–Trinajstić information content (AvgIpc) is 2.82. The first-order chi connectivity index (χ1) is 7.93. The number of hydrogen-bond donors (Lipinski definition) is 0. The fourth-order valence-corrected chi connectivity index (χ4v) is 3.25. The van der Waals surface area contributed by atoms with Crippen molar-refractivity contribution >= 4 is 22.7 Å². The van der Waals surface area contributed by atoms with E-state index in [1.165, 1.54) is 35.1 Å². The van der Waals surface area contributed by atoms with E-state index in [2.05, 4.69) is 46.8 Å². The molecule has 1 saturated heterocycles. The summed E-state index contributed by atoms with van der Waals surface area (Å²) in [7, 11) is 0. The average molecular weight is 229 g/mol. The third-order valence-corrected chi connectivity index (χ3v) is 4.20. The van der Waals surface area contributed by atoms with Crippen LogP contribution in [0.25, 0.3) is 10.8 Å². The number of hydrogen-bond acceptors (Lipinski definition) is 2. The van der Waals surface area contributed by atoms with Crippen LogP contribution in [0, 0.1) is 0 Å². The molecule has 0 aromatic heterocycles. The molecule has 1 fully saturated rings. The van der Waals surface area contributed by atoms with Crippen molar-refractivity contribution < 1.29 is 0 Å². The third kappa shape index (κ3) is 1.95. The predicted molar refractivity (Wildman–Crippen MR) is 71.4 cm³/mol. The Hall–Kier alpha value is -0.990. The highest BCUT2D eigenvalue weighted by Gasteiger charge is 2.13. The molecular weight excluding hydrogens is 214 g/mol. The molecule has 2 heteroatoms. The van der Waals surface area contributed by atoms with E-state index in [1.54, 1.807) is 0 Å². The monoisotopic (exact) mass is 229 g/mol. The molecule has 0 spiro atoms. The lowest BCUT2D eigenvalue weighted by atomic mass is 10.0. The molecule has 1 aliphatic heterocycles. The summed E-state index contributed by atoms with van der Waals surface area (Å²) in [5.74, 6) is 1.28. The molecule has 1 heterocycles. The summed E-state index contributed by atoms with van der Waals surface area (Å²) < 4.78 is 2.47. The molecule has 0 bridgehead atoms. The quantitative estimate of drug-likeness (QED) is 0.722. The van der Waals surface area contributed by atoms with Crippen LogP contribution in [0.4, 0.5) is 0 Å². The van der Waals surface area contributed by atoms with Crippen LogP contribution in [0.1, 0.15) is 12.0 Å². The molecule has 0 saturated carbocycles. The normalized spacial score (nSPS) is 17.0. The minimum atomic E-state index is 1.08. The maximum atomic E-state index is 2.47. The van der Waals surface area contributed by atoms with Gasteiger partial charge in [-0.1, -0.05) is 54.4 Å². The Morgan fingerprint density at radius 1 is 1.06 bits per heavy atom. The molecule has 1 aliphatic rings. The van der Waals surface area contributed by atoms with Gasteiger partial charge in [-0.3, -0.25) is 0 Å². The highest BCUT2D eigenvalue weighted by atomic mass is 32.2. The summed E-state index contributed by atoms with van der Waals surface area (Å²) in [6, 6.07) is 15.3. The van der Waals surface area contributed by atoms with Crippen molar-refractivity contribution in [2.75, 3.05) is 12.3 Å². The fourth-order valence-electron chi connectivity index (χ4n) is 2.24. The smallest absolute Gasteiger partial charge is 0.0346 e. The van der Waals surface area contributed by atoms with E-state index in [0.29, 0.717) is 0 Å². The topological polar surface area (TPSA) is 3.24 Å². The van der Waals surface area contributed by atoms with Crippen LogP contribution < -0.4 is 0 Å². The molecular formula is C14H15NS. The van der Waals surface area contributed by atoms with Crippen molar-refractivity contribution in [3.05, 3.63) is 48.0 Å². The molecule has 0 atom stereocenters. The van der Waals surface area contributed by atoms with Crippen LogP contribution in [0.5, 0.6) is 0 Å². The summed E-state index contributed by atoms with van der Waals surface area (Å²) in [5, 5.41) is 2.75. The zero-order valence-electron chi connectivity index (χ0n) is 9.23. The summed E-state index contributed by atoms with van der Waals surface area (Å²) in [4.78, 5) is 0. The van der Waals surface area contributed by atoms with Crippen LogP contribution in [0.15, 0.2) is 42.5 Å². The van der Waals surface area contributed by atoms with E-state index >= 15 is 0 Å². The summed E-state index contributed by atoms with van der Waals surface area (Å²) in [6.07, 6.45) is 1.33. The Bertz CT molecular complexity index is 484. The maximum absolute atomic E-state index is 2.47. The van der Waals surface area contributed by atoms with Gasteiger partial charge in [-0.15, -0.1) is 0 Å². The molecule has 0 amide bonds. The van der Waals surface area contributed by atoms with E-state index in [0.717, 1.165) is 6.54 Å². The minimum absolute atomic E-state index is 1.08. The molecule has 2 aromatic carbocycles. The van der Waals surface area contributed by atoms with E-state index < -0.39 is 0 Å². The Morgan fingerprint density at radius 3 is 2.81 bits per heavy atom. The molecule has 0 N–H and O–H groups in total. The van der Waals surface area contributed by atoms with Gasteiger partial charge in [0.25, 0.3) is 0 Å². The number of benzene rings is 2. The second-order valence-corrected chi connectivity index (χ2v) is 5.37. The fraction of sp³-hybridized carbons (Fsp3) is 0.286. The minimum Gasteiger partial charge on any atom is -0.246 e. The van der Waals surface area contributed by atoms with Gasteiger partial charge in [-0.25, -0.2) is 4.31 Å². The van der Waals surface area contributed by atoms with Crippen LogP contribution in [0.3, 0.4) is 0 Å². The zero-order valence-corrected chi connectivity index (χ0v) is 10.0. The van der Waals surface area contributed by atoms with Gasteiger partial charge in [0.1, 0.15) is 0 Å². The molecule has 2 aromatic rings. The Kier molecular flexibility index (Phi) is 2.85. The molecule has 1 nitrogen and oxygen atoms in total. The highest BCUT2D eigenvalue weighted by molar-refractivity contribution is 7.97. The molecule has 0 aliphatic carbocycles. The van der Waals surface area contributed by atoms with E-state index in [1.807, 2.05) is 11.9 Å². The van der Waals surface area contributed by atoms with Crippen molar-refractivity contribution in [2.45, 2.75) is 13.0 Å². The highest BCUT2D eigenvalue weighted by Crippen LogP contribution is 2.26. The van der Waals surface area contributed by atoms with E-state index in [4.69, 9.17) is 0 Å². The van der Waals surface area contributed by atoms with Crippen LogP contribution in [-0.2, 0) is 6.54 Å². The van der Waals surface area contributed by atoms with E-state index in [-0.39, 0.29) is 0 Å². The van der Waals surface area contributed by atoms with Gasteiger partial charge in [-0.2, -0.15) is 0 Å². The van der Waals surface area contributed by atoms with Gasteiger partial charge in [0, 0.05) is 18.8 Å². The molecule has 82 valence electrons. The van der Waals surface area contributed by atoms with Gasteiger partial charge in [-0.05, 0) is 22.8 Å². The first-order valence-corrected chi connectivity index (χ1v) is 6.72. The standard InChI is InChI=1S/C14H15NS/c1-2-8-14-12(5-1)6-3-7-13(14)11-15-9-4-10-16-15/h1-3,5-8H,4,9-11H2. The van der Waals surface area contributed by atoms with Crippen molar-refractivity contribution in [1.29, 1.82) is 0 Å². The maximum Gasteiger partial charge on any atom is 0.0346 e. The second-order valence-electron chi connectivity index (χ2n) is 4.19. The van der Waals surface area contributed by atoms with Crippen molar-refractivity contribution in [1.82, 2.24) is 4.31 Å². The van der Waals surface area contributed by atoms with Gasteiger partial charge in [0.15, 0.2) is 0 Å². The lowest BCUT2D eigenvalue weighted by Gasteiger charge is -2.14. The largest absolute Gasteiger partial charge is 0.246 e. The lowest BCUT2D eigenvalue weighted by molar-refractivity contribution is 0.494. The van der Waals surface area contributed by atoms with Gasteiger partial charge in [0.05, 0.1) is 0 Å². The molecule has 3 rings (SSSR count). The Balaban J connectivity index is 1.96. The molecule has 0 unspecified atom stereocenters. The number of rotatable bonds is 2. The summed E-state index contributed by atoms with van der Waals surface area (Å²) in [5.41, 5.74) is 1.45. The SMILES string of the molecule is c1ccc2c(CN3CCCS3)cccc2c1. The molecule has 0 radical (unpaired) electrons. The third-order valence-electron chi connectivity index (χ3n) is 3.05. The van der Waals surface area contributed by atoms with Crippen LogP contribution in [0.2, 0.25) is 0 Å². The Labute approximate surface area is 101 Å². The van der Waals surface area contributed by atoms with Crippen LogP contribution in [-0.4, -0.2) is 16.6 Å². The van der Waals surface area contributed by atoms with Crippen molar-refractivity contribution in [3.63, 3.8) is 0 Å². The lowest BCUT2D eigenvalue weighted by Crippen LogP contribution is -2.10. The Morgan fingerprint density at radius 2 is 1.94 bits per heavy atom. The van der Waals surface area contributed by atoms with Crippen molar-refractivity contribution in [2.24, 2.45) is 0 Å². The van der Waals surface area contributed by atoms with Gasteiger partial charge in [0.2, 0.25) is 0 Å². The predicted octanol–water partition coefficient (Wildman–Crippen LogP) is 3.69. The van der Waals surface area contributed by atoms with Gasteiger partial charge >= 0.3 is 0 Å². The summed E-state index contributed by atoms with van der Waals surface area (Å²) in [6.45, 7) is 2.31.